The van der Waals surface area contributed by atoms with Crippen molar-refractivity contribution in [2.24, 2.45) is 0 Å². The predicted octanol–water partition coefficient (Wildman–Crippen LogP) is -0.378. The van der Waals surface area contributed by atoms with Gasteiger partial charge in [-0.25, -0.2) is 9.97 Å². The third-order valence-electron chi connectivity index (χ3n) is 2.35. The second-order valence-corrected chi connectivity index (χ2v) is 3.71. The van der Waals surface area contributed by atoms with Gasteiger partial charge in [0, 0.05) is 19.6 Å². The summed E-state index contributed by atoms with van der Waals surface area (Å²) in [4.78, 5) is 7.91. The van der Waals surface area contributed by atoms with Gasteiger partial charge in [-0.2, -0.15) is 0 Å². The summed E-state index contributed by atoms with van der Waals surface area (Å²) in [6.07, 6.45) is 3.65. The van der Waals surface area contributed by atoms with Gasteiger partial charge in [-0.05, 0) is 0 Å². The van der Waals surface area contributed by atoms with Crippen molar-refractivity contribution in [3.63, 3.8) is 0 Å². The van der Waals surface area contributed by atoms with Crippen LogP contribution in [-0.4, -0.2) is 40.4 Å². The number of rotatable bonds is 3. The molecule has 6 heteroatoms. The van der Waals surface area contributed by atoms with Gasteiger partial charge in [0.2, 0.25) is 0 Å². The van der Waals surface area contributed by atoms with Gasteiger partial charge < -0.3 is 20.9 Å². The fraction of sp³-hybridized carbons (Fsp3) is 0.556. The molecule has 0 aliphatic carbocycles. The molecule has 82 valence electrons. The Morgan fingerprint density at radius 1 is 1.53 bits per heavy atom. The van der Waals surface area contributed by atoms with Crippen LogP contribution in [0.3, 0.4) is 0 Å². The normalized spacial score (nSPS) is 25.4. The third kappa shape index (κ3) is 2.54. The molecule has 0 amide bonds. The number of hydrogen-bond acceptors (Lipinski definition) is 6. The summed E-state index contributed by atoms with van der Waals surface area (Å²) in [6.45, 7) is 1.37. The summed E-state index contributed by atoms with van der Waals surface area (Å²) in [5.41, 5.74) is 4.61. The molecule has 0 aromatic carbocycles. The molecule has 1 fully saturated rings. The molecule has 0 radical (unpaired) electrons. The number of nitrogens with zero attached hydrogens (tertiary/aromatic N) is 2. The lowest BCUT2D eigenvalue weighted by molar-refractivity contribution is 0.0381. The number of ether oxygens (including phenoxy) is 1. The molecule has 0 bridgehead atoms. The van der Waals surface area contributed by atoms with Crippen molar-refractivity contribution in [1.82, 2.24) is 9.97 Å². The smallest absolute Gasteiger partial charge is 0.144 e. The Morgan fingerprint density at radius 3 is 3.00 bits per heavy atom. The van der Waals surface area contributed by atoms with Crippen molar-refractivity contribution in [1.29, 1.82) is 0 Å². The minimum Gasteiger partial charge on any atom is -0.386 e. The second kappa shape index (κ2) is 4.00. The number of aromatic nitrogens is 2. The highest BCUT2D eigenvalue weighted by molar-refractivity contribution is 5.36. The molecule has 6 nitrogen and oxygen atoms in total. The molecule has 1 aliphatic heterocycles. The Bertz CT molecular complexity index is 321. The van der Waals surface area contributed by atoms with Gasteiger partial charge in [0.15, 0.2) is 0 Å². The summed E-state index contributed by atoms with van der Waals surface area (Å²) in [7, 11) is 0. The van der Waals surface area contributed by atoms with Gasteiger partial charge >= 0.3 is 0 Å². The monoisotopic (exact) mass is 210 g/mol. The Hall–Kier alpha value is -1.40. The first kappa shape index (κ1) is 10.1. The van der Waals surface area contributed by atoms with Crippen LogP contribution in [0.4, 0.5) is 11.6 Å². The number of aliphatic hydroxyl groups is 1. The highest BCUT2D eigenvalue weighted by Gasteiger charge is 2.31. The van der Waals surface area contributed by atoms with E-state index in [0.717, 1.165) is 0 Å². The van der Waals surface area contributed by atoms with Crippen LogP contribution in [0.2, 0.25) is 0 Å². The zero-order valence-electron chi connectivity index (χ0n) is 8.31. The van der Waals surface area contributed by atoms with Crippen molar-refractivity contribution >= 4 is 11.6 Å². The lowest BCUT2D eigenvalue weighted by atomic mass is 10.0. The van der Waals surface area contributed by atoms with Gasteiger partial charge in [-0.15, -0.1) is 0 Å². The van der Waals surface area contributed by atoms with Crippen LogP contribution in [0.25, 0.3) is 0 Å². The van der Waals surface area contributed by atoms with E-state index >= 15 is 0 Å². The fourth-order valence-electron chi connectivity index (χ4n) is 1.42. The Labute approximate surface area is 87.5 Å². The minimum absolute atomic E-state index is 0.363. The van der Waals surface area contributed by atoms with Crippen molar-refractivity contribution in [2.45, 2.75) is 12.0 Å². The van der Waals surface area contributed by atoms with E-state index in [1.165, 1.54) is 12.4 Å². The van der Waals surface area contributed by atoms with Gasteiger partial charge in [0.25, 0.3) is 0 Å². The molecule has 1 aromatic rings. The number of anilines is 2. The Kier molecular flexibility index (Phi) is 2.70. The van der Waals surface area contributed by atoms with Gasteiger partial charge in [0.1, 0.15) is 17.2 Å². The van der Waals surface area contributed by atoms with Crippen LogP contribution in [-0.2, 0) is 4.74 Å². The molecule has 15 heavy (non-hydrogen) atoms. The summed E-state index contributed by atoms with van der Waals surface area (Å²) in [5, 5.41) is 12.9. The van der Waals surface area contributed by atoms with Crippen molar-refractivity contribution in [3.05, 3.63) is 12.4 Å². The van der Waals surface area contributed by atoms with Gasteiger partial charge in [0.05, 0.1) is 19.0 Å². The lowest BCUT2D eigenvalue weighted by Crippen LogP contribution is -2.37. The van der Waals surface area contributed by atoms with E-state index in [1.54, 1.807) is 0 Å². The molecule has 2 heterocycles. The highest BCUT2D eigenvalue weighted by atomic mass is 16.5. The van der Waals surface area contributed by atoms with Crippen LogP contribution in [0.15, 0.2) is 12.4 Å². The zero-order chi connectivity index (χ0) is 10.7. The van der Waals surface area contributed by atoms with Crippen LogP contribution in [0.1, 0.15) is 6.42 Å². The maximum absolute atomic E-state index is 9.95. The second-order valence-electron chi connectivity index (χ2n) is 3.71. The van der Waals surface area contributed by atoms with Crippen molar-refractivity contribution in [2.75, 3.05) is 30.8 Å². The van der Waals surface area contributed by atoms with Crippen molar-refractivity contribution in [3.8, 4) is 0 Å². The quantitative estimate of drug-likeness (QED) is 0.630. The molecular formula is C9H14N4O2. The SMILES string of the molecule is Nc1cnc(NCC2(O)CCOC2)cn1. The number of nitrogen functional groups attached to an aromatic ring is 1. The number of nitrogens with two attached hydrogens (primary N) is 1. The van der Waals surface area contributed by atoms with E-state index in [0.29, 0.717) is 37.8 Å². The maximum Gasteiger partial charge on any atom is 0.144 e. The molecule has 1 atom stereocenters. The van der Waals surface area contributed by atoms with Gasteiger partial charge in [-0.3, -0.25) is 0 Å². The summed E-state index contributed by atoms with van der Waals surface area (Å²) >= 11 is 0. The van der Waals surface area contributed by atoms with E-state index in [2.05, 4.69) is 15.3 Å². The van der Waals surface area contributed by atoms with E-state index < -0.39 is 5.60 Å². The lowest BCUT2D eigenvalue weighted by Gasteiger charge is -2.20. The maximum atomic E-state index is 9.95. The third-order valence-corrected chi connectivity index (χ3v) is 2.35. The topological polar surface area (TPSA) is 93.3 Å². The molecule has 0 spiro atoms. The Balaban J connectivity index is 1.90. The standard InChI is InChI=1S/C9H14N4O2/c10-7-3-12-8(4-11-7)13-5-9(14)1-2-15-6-9/h3-4,14H,1-2,5-6H2,(H2,10,11)(H,12,13). The van der Waals surface area contributed by atoms with Crippen LogP contribution in [0.5, 0.6) is 0 Å². The molecule has 1 aliphatic rings. The summed E-state index contributed by atoms with van der Waals surface area (Å²) in [5.74, 6) is 0.980. The molecule has 2 rings (SSSR count). The van der Waals surface area contributed by atoms with E-state index in [9.17, 15) is 5.11 Å². The molecule has 0 saturated carbocycles. The zero-order valence-corrected chi connectivity index (χ0v) is 8.31. The van der Waals surface area contributed by atoms with E-state index in [1.807, 2.05) is 0 Å². The van der Waals surface area contributed by atoms with E-state index in [-0.39, 0.29) is 0 Å². The number of hydrogen-bond donors (Lipinski definition) is 3. The van der Waals surface area contributed by atoms with Crippen LogP contribution >= 0.6 is 0 Å². The largest absolute Gasteiger partial charge is 0.386 e. The fourth-order valence-corrected chi connectivity index (χ4v) is 1.42. The van der Waals surface area contributed by atoms with Gasteiger partial charge in [-0.1, -0.05) is 0 Å². The molecule has 1 unspecified atom stereocenters. The predicted molar refractivity (Wildman–Crippen MR) is 55.3 cm³/mol. The Morgan fingerprint density at radius 2 is 2.40 bits per heavy atom. The molecule has 1 saturated heterocycles. The number of nitrogens with one attached hydrogen (secondary N) is 1. The first-order chi connectivity index (χ1) is 7.18. The molecule has 1 aromatic heterocycles. The van der Waals surface area contributed by atoms with Crippen LogP contribution in [0, 0.1) is 0 Å². The first-order valence-electron chi connectivity index (χ1n) is 4.79. The highest BCUT2D eigenvalue weighted by Crippen LogP contribution is 2.18. The minimum atomic E-state index is -0.789. The molecule has 4 N–H and O–H groups in total. The van der Waals surface area contributed by atoms with E-state index in [4.69, 9.17) is 10.5 Å². The average Bonchev–Trinajstić information content (AvgIpc) is 2.65. The average molecular weight is 210 g/mol. The summed E-state index contributed by atoms with van der Waals surface area (Å²) < 4.78 is 5.12. The summed E-state index contributed by atoms with van der Waals surface area (Å²) in [6, 6.07) is 0. The first-order valence-corrected chi connectivity index (χ1v) is 4.79. The van der Waals surface area contributed by atoms with Crippen molar-refractivity contribution < 1.29 is 9.84 Å². The van der Waals surface area contributed by atoms with Crippen LogP contribution < -0.4 is 11.1 Å². The molecular weight excluding hydrogens is 196 g/mol.